The predicted octanol–water partition coefficient (Wildman–Crippen LogP) is 3.88. The van der Waals surface area contributed by atoms with Gasteiger partial charge in [-0.05, 0) is 55.5 Å². The smallest absolute Gasteiger partial charge is 0.322 e. The first-order chi connectivity index (χ1) is 14.4. The highest BCUT2D eigenvalue weighted by molar-refractivity contribution is 7.89. The first-order valence-corrected chi connectivity index (χ1v) is 12.2. The number of nitrogens with one attached hydrogen (secondary N) is 2. The largest absolute Gasteiger partial charge is 0.335 e. The fourth-order valence-electron chi connectivity index (χ4n) is 4.22. The van der Waals surface area contributed by atoms with Crippen molar-refractivity contribution in [2.45, 2.75) is 62.9 Å². The van der Waals surface area contributed by atoms with Gasteiger partial charge in [-0.25, -0.2) is 17.9 Å². The van der Waals surface area contributed by atoms with Crippen LogP contribution in [0.15, 0.2) is 47.4 Å². The predicted molar refractivity (Wildman–Crippen MR) is 118 cm³/mol. The van der Waals surface area contributed by atoms with Crippen LogP contribution in [0.4, 0.5) is 10.5 Å². The molecule has 2 aromatic rings. The van der Waals surface area contributed by atoms with Gasteiger partial charge in [0.25, 0.3) is 0 Å². The maximum absolute atomic E-state index is 12.7. The zero-order chi connectivity index (χ0) is 21.1. The van der Waals surface area contributed by atoms with E-state index in [4.69, 9.17) is 0 Å². The monoisotopic (exact) mass is 427 g/mol. The van der Waals surface area contributed by atoms with Gasteiger partial charge in [-0.3, -0.25) is 4.90 Å². The Labute approximate surface area is 178 Å². The van der Waals surface area contributed by atoms with E-state index in [1.54, 1.807) is 23.1 Å². The minimum Gasteiger partial charge on any atom is -0.335 e. The molecule has 2 N–H and O–H groups in total. The van der Waals surface area contributed by atoms with Gasteiger partial charge in [-0.1, -0.05) is 49.1 Å². The number of carbonyl (C=O) groups is 1. The third-order valence-corrected chi connectivity index (χ3v) is 7.42. The fraction of sp³-hybridized carbons (Fsp3) is 0.435. The molecule has 4 rings (SSSR count). The van der Waals surface area contributed by atoms with Gasteiger partial charge in [-0.2, -0.15) is 0 Å². The number of urea groups is 1. The molecule has 0 unspecified atom stereocenters. The summed E-state index contributed by atoms with van der Waals surface area (Å²) in [6.45, 7) is 2.82. The van der Waals surface area contributed by atoms with Crippen LogP contribution in [-0.2, 0) is 23.0 Å². The Balaban J connectivity index is 1.43. The third-order valence-electron chi connectivity index (χ3n) is 6.02. The second-order valence-corrected chi connectivity index (χ2v) is 10.1. The van der Waals surface area contributed by atoms with E-state index in [0.717, 1.165) is 35.2 Å². The summed E-state index contributed by atoms with van der Waals surface area (Å²) in [5.74, 6) is 0. The van der Waals surface area contributed by atoms with Crippen LogP contribution in [0.3, 0.4) is 0 Å². The molecular weight excluding hydrogens is 398 g/mol. The summed E-state index contributed by atoms with van der Waals surface area (Å²) >= 11 is 0. The first kappa shape index (κ1) is 20.9. The number of carbonyl (C=O) groups excluding carboxylic acids is 1. The Kier molecular flexibility index (Phi) is 6.11. The molecule has 6 nitrogen and oxygen atoms in total. The topological polar surface area (TPSA) is 78.5 Å². The van der Waals surface area contributed by atoms with Crippen molar-refractivity contribution in [3.63, 3.8) is 0 Å². The van der Waals surface area contributed by atoms with Crippen LogP contribution in [-0.4, -0.2) is 27.0 Å². The standard InChI is InChI=1S/C23H29N3O3S/c1-17-7-9-18(10-8-17)16-24-30(28,29)21-11-12-22-19(15-21)13-14-26(22)23(27)25-20-5-3-2-4-6-20/h7-12,15,20,24H,2-6,13-14,16H2,1H3,(H,25,27). The molecule has 0 radical (unpaired) electrons. The van der Waals surface area contributed by atoms with Crippen LogP contribution in [0, 0.1) is 6.92 Å². The van der Waals surface area contributed by atoms with Crippen molar-refractivity contribution in [1.29, 1.82) is 0 Å². The molecule has 1 saturated carbocycles. The van der Waals surface area contributed by atoms with Crippen molar-refractivity contribution in [3.05, 3.63) is 59.2 Å². The molecule has 0 saturated heterocycles. The molecule has 0 bridgehead atoms. The lowest BCUT2D eigenvalue weighted by molar-refractivity contribution is 0.238. The normalized spacial score (nSPS) is 17.0. The molecular formula is C23H29N3O3S. The van der Waals surface area contributed by atoms with Gasteiger partial charge in [0.15, 0.2) is 0 Å². The molecule has 30 heavy (non-hydrogen) atoms. The molecule has 0 aromatic heterocycles. The number of aryl methyl sites for hydroxylation is 1. The Bertz CT molecular complexity index is 1010. The van der Waals surface area contributed by atoms with Crippen LogP contribution < -0.4 is 14.9 Å². The van der Waals surface area contributed by atoms with Crippen molar-refractivity contribution in [2.24, 2.45) is 0 Å². The van der Waals surface area contributed by atoms with Crippen molar-refractivity contribution in [1.82, 2.24) is 10.0 Å². The number of hydrogen-bond donors (Lipinski definition) is 2. The van der Waals surface area contributed by atoms with E-state index in [1.807, 2.05) is 31.2 Å². The minimum atomic E-state index is -3.62. The van der Waals surface area contributed by atoms with Crippen molar-refractivity contribution < 1.29 is 13.2 Å². The number of amides is 2. The molecule has 160 valence electrons. The minimum absolute atomic E-state index is 0.0752. The average Bonchev–Trinajstić information content (AvgIpc) is 3.18. The van der Waals surface area contributed by atoms with Crippen molar-refractivity contribution >= 4 is 21.7 Å². The summed E-state index contributed by atoms with van der Waals surface area (Å²) in [7, 11) is -3.62. The van der Waals surface area contributed by atoms with Gasteiger partial charge in [-0.15, -0.1) is 0 Å². The van der Waals surface area contributed by atoms with Gasteiger partial charge in [0.1, 0.15) is 0 Å². The fourth-order valence-corrected chi connectivity index (χ4v) is 5.29. The van der Waals surface area contributed by atoms with Crippen LogP contribution in [0.5, 0.6) is 0 Å². The summed E-state index contributed by atoms with van der Waals surface area (Å²) in [5, 5.41) is 3.15. The molecule has 7 heteroatoms. The van der Waals surface area contributed by atoms with E-state index in [2.05, 4.69) is 10.0 Å². The molecule has 1 heterocycles. The number of benzene rings is 2. The molecule has 1 aliphatic heterocycles. The first-order valence-electron chi connectivity index (χ1n) is 10.7. The van der Waals surface area contributed by atoms with Crippen molar-refractivity contribution in [3.8, 4) is 0 Å². The van der Waals surface area contributed by atoms with Gasteiger partial charge in [0, 0.05) is 24.8 Å². The highest BCUT2D eigenvalue weighted by Crippen LogP contribution is 2.30. The molecule has 2 aromatic carbocycles. The second-order valence-electron chi connectivity index (χ2n) is 8.29. The van der Waals surface area contributed by atoms with Gasteiger partial charge in [0.2, 0.25) is 10.0 Å². The number of anilines is 1. The van der Waals surface area contributed by atoms with Crippen LogP contribution in [0.25, 0.3) is 0 Å². The number of hydrogen-bond acceptors (Lipinski definition) is 3. The summed E-state index contributed by atoms with van der Waals surface area (Å²) in [6, 6.07) is 13.0. The molecule has 1 aliphatic carbocycles. The summed E-state index contributed by atoms with van der Waals surface area (Å²) in [4.78, 5) is 14.7. The molecule has 0 atom stereocenters. The SMILES string of the molecule is Cc1ccc(CNS(=O)(=O)c2ccc3c(c2)CCN3C(=O)NC2CCCCC2)cc1. The van der Waals surface area contributed by atoms with Crippen molar-refractivity contribution in [2.75, 3.05) is 11.4 Å². The third kappa shape index (κ3) is 4.68. The van der Waals surface area contributed by atoms with E-state index < -0.39 is 10.0 Å². The Morgan fingerprint density at radius 2 is 1.80 bits per heavy atom. The van der Waals surface area contributed by atoms with E-state index in [9.17, 15) is 13.2 Å². The Morgan fingerprint density at radius 3 is 2.53 bits per heavy atom. The lowest BCUT2D eigenvalue weighted by Crippen LogP contribution is -2.45. The number of rotatable bonds is 5. The zero-order valence-electron chi connectivity index (χ0n) is 17.4. The van der Waals surface area contributed by atoms with Crippen LogP contribution >= 0.6 is 0 Å². The average molecular weight is 428 g/mol. The summed E-state index contributed by atoms with van der Waals surface area (Å²) in [6.07, 6.45) is 6.31. The second kappa shape index (κ2) is 8.78. The number of sulfonamides is 1. The van der Waals surface area contributed by atoms with E-state index in [1.165, 1.54) is 19.3 Å². The number of fused-ring (bicyclic) bond motifs is 1. The lowest BCUT2D eigenvalue weighted by Gasteiger charge is -2.26. The molecule has 0 spiro atoms. The van der Waals surface area contributed by atoms with Gasteiger partial charge < -0.3 is 5.32 Å². The maximum atomic E-state index is 12.7. The molecule has 2 aliphatic rings. The van der Waals surface area contributed by atoms with E-state index >= 15 is 0 Å². The lowest BCUT2D eigenvalue weighted by atomic mass is 9.96. The van der Waals surface area contributed by atoms with Gasteiger partial charge >= 0.3 is 6.03 Å². The van der Waals surface area contributed by atoms with Gasteiger partial charge in [0.05, 0.1) is 4.90 Å². The highest BCUT2D eigenvalue weighted by atomic mass is 32.2. The zero-order valence-corrected chi connectivity index (χ0v) is 18.2. The number of nitrogens with zero attached hydrogens (tertiary/aromatic N) is 1. The van der Waals surface area contributed by atoms with E-state index in [-0.39, 0.29) is 23.5 Å². The van der Waals surface area contributed by atoms with E-state index in [0.29, 0.717) is 13.0 Å². The summed E-state index contributed by atoms with van der Waals surface area (Å²) in [5.41, 5.74) is 3.75. The Hall–Kier alpha value is -2.38. The quantitative estimate of drug-likeness (QED) is 0.760. The maximum Gasteiger partial charge on any atom is 0.322 e. The molecule has 2 amide bonds. The van der Waals surface area contributed by atoms with Crippen LogP contribution in [0.2, 0.25) is 0 Å². The highest BCUT2D eigenvalue weighted by Gasteiger charge is 2.28. The Morgan fingerprint density at radius 1 is 1.07 bits per heavy atom. The van der Waals surface area contributed by atoms with Crippen LogP contribution in [0.1, 0.15) is 48.8 Å². The summed E-state index contributed by atoms with van der Waals surface area (Å²) < 4.78 is 28.2. The molecule has 1 fully saturated rings.